The molecule has 0 fully saturated rings. The first-order valence-corrected chi connectivity index (χ1v) is 12.3. The smallest absolute Gasteiger partial charge is 0.253 e. The summed E-state index contributed by atoms with van der Waals surface area (Å²) in [6.07, 6.45) is 0.770. The highest BCUT2D eigenvalue weighted by atomic mass is 32.2. The van der Waals surface area contributed by atoms with E-state index in [4.69, 9.17) is 4.98 Å². The molecule has 33 heavy (non-hydrogen) atoms. The van der Waals surface area contributed by atoms with Gasteiger partial charge in [-0.25, -0.2) is 14.5 Å². The number of nitrogens with zero attached hydrogens (tertiary/aromatic N) is 5. The minimum Gasteiger partial charge on any atom is -0.325 e. The van der Waals surface area contributed by atoms with Crippen molar-refractivity contribution in [2.45, 2.75) is 37.6 Å². The van der Waals surface area contributed by atoms with E-state index in [0.29, 0.717) is 10.9 Å². The van der Waals surface area contributed by atoms with E-state index >= 15 is 0 Å². The third-order valence-electron chi connectivity index (χ3n) is 5.17. The maximum atomic E-state index is 12.7. The normalized spacial score (nSPS) is 12.3. The van der Waals surface area contributed by atoms with Crippen LogP contribution in [0.5, 0.6) is 0 Å². The molecule has 0 aliphatic heterocycles. The Bertz CT molecular complexity index is 1420. The second kappa shape index (κ2) is 8.92. The number of aryl methyl sites for hydroxylation is 2. The van der Waals surface area contributed by atoms with Crippen LogP contribution in [0, 0.1) is 13.8 Å². The zero-order chi connectivity index (χ0) is 22.9. The minimum atomic E-state index is -0.355. The third-order valence-corrected chi connectivity index (χ3v) is 7.15. The quantitative estimate of drug-likeness (QED) is 0.346. The molecular formula is C24H22N6OS2. The monoisotopic (exact) mass is 474 g/mol. The maximum Gasteiger partial charge on any atom is 0.253 e. The van der Waals surface area contributed by atoms with Gasteiger partial charge in [0.15, 0.2) is 0 Å². The van der Waals surface area contributed by atoms with Crippen LogP contribution in [0.1, 0.15) is 28.9 Å². The first-order chi connectivity index (χ1) is 15.9. The lowest BCUT2D eigenvalue weighted by atomic mass is 10.1. The van der Waals surface area contributed by atoms with Gasteiger partial charge < -0.3 is 5.32 Å². The van der Waals surface area contributed by atoms with Gasteiger partial charge in [-0.1, -0.05) is 36.0 Å². The number of nitrogens with one attached hydrogen (secondary N) is 1. The number of hydrogen-bond acceptors (Lipinski definition) is 7. The van der Waals surface area contributed by atoms with Crippen molar-refractivity contribution in [1.82, 2.24) is 24.6 Å². The number of amides is 1. The molecule has 0 unspecified atom stereocenters. The fraction of sp³-hybridized carbons (Fsp3) is 0.208. The van der Waals surface area contributed by atoms with Crippen molar-refractivity contribution in [3.8, 4) is 0 Å². The van der Waals surface area contributed by atoms with Crippen LogP contribution in [-0.2, 0) is 11.2 Å². The summed E-state index contributed by atoms with van der Waals surface area (Å²) in [7, 11) is 0. The first-order valence-electron chi connectivity index (χ1n) is 10.6. The molecule has 5 aromatic rings. The SMILES string of the molecule is Cc1cc(C)n2nc(S[C@@H](C)C(=O)Nc3ccc(Cc4nc5ccccc5s4)cc3)nc2n1. The Kier molecular flexibility index (Phi) is 5.82. The van der Waals surface area contributed by atoms with Crippen LogP contribution in [0.4, 0.5) is 5.69 Å². The molecule has 0 saturated heterocycles. The number of aromatic nitrogens is 5. The number of para-hydroxylation sites is 1. The van der Waals surface area contributed by atoms with E-state index in [1.54, 1.807) is 15.9 Å². The second-order valence-corrected chi connectivity index (χ2v) is 10.3. The van der Waals surface area contributed by atoms with Crippen LogP contribution in [0.15, 0.2) is 59.8 Å². The molecule has 166 valence electrons. The van der Waals surface area contributed by atoms with Crippen molar-refractivity contribution in [3.05, 3.63) is 76.6 Å². The lowest BCUT2D eigenvalue weighted by Crippen LogP contribution is -2.22. The average Bonchev–Trinajstić information content (AvgIpc) is 3.38. The summed E-state index contributed by atoms with van der Waals surface area (Å²) in [5, 5.41) is 8.71. The number of fused-ring (bicyclic) bond motifs is 2. The molecule has 2 aromatic carbocycles. The average molecular weight is 475 g/mol. The van der Waals surface area contributed by atoms with E-state index in [1.807, 2.05) is 69.3 Å². The van der Waals surface area contributed by atoms with Crippen LogP contribution < -0.4 is 5.32 Å². The number of anilines is 1. The fourth-order valence-corrected chi connectivity index (χ4v) is 5.28. The summed E-state index contributed by atoms with van der Waals surface area (Å²) in [6, 6.07) is 18.0. The molecule has 0 bridgehead atoms. The van der Waals surface area contributed by atoms with Gasteiger partial charge in [-0.2, -0.15) is 4.98 Å². The van der Waals surface area contributed by atoms with Crippen molar-refractivity contribution in [2.75, 3.05) is 5.32 Å². The van der Waals surface area contributed by atoms with Crippen molar-refractivity contribution in [2.24, 2.45) is 0 Å². The van der Waals surface area contributed by atoms with Crippen LogP contribution >= 0.6 is 23.1 Å². The van der Waals surface area contributed by atoms with Crippen LogP contribution in [0.25, 0.3) is 16.0 Å². The van der Waals surface area contributed by atoms with Gasteiger partial charge in [0.25, 0.3) is 5.78 Å². The standard InChI is InChI=1S/C24H22N6OS2/c1-14-12-15(2)30-23(25-14)28-24(29-30)32-16(3)22(31)26-18-10-8-17(9-11-18)13-21-27-19-6-4-5-7-20(19)33-21/h4-12,16H,13H2,1-3H3,(H,26,31)/t16-/m0/s1. The Balaban J connectivity index is 1.21. The van der Waals surface area contributed by atoms with Gasteiger partial charge in [0, 0.05) is 23.5 Å². The van der Waals surface area contributed by atoms with Gasteiger partial charge in [0.05, 0.1) is 20.5 Å². The van der Waals surface area contributed by atoms with Gasteiger partial charge in [0.2, 0.25) is 11.1 Å². The Morgan fingerprint density at radius 2 is 1.88 bits per heavy atom. The van der Waals surface area contributed by atoms with Gasteiger partial charge in [-0.3, -0.25) is 4.79 Å². The zero-order valence-electron chi connectivity index (χ0n) is 18.4. The number of carbonyl (C=O) groups is 1. The molecule has 0 aliphatic carbocycles. The Morgan fingerprint density at radius 3 is 2.67 bits per heavy atom. The summed E-state index contributed by atoms with van der Waals surface area (Å²) in [5.74, 6) is 0.449. The molecule has 9 heteroatoms. The lowest BCUT2D eigenvalue weighted by molar-refractivity contribution is -0.115. The van der Waals surface area contributed by atoms with Gasteiger partial charge in [0.1, 0.15) is 0 Å². The van der Waals surface area contributed by atoms with E-state index in [-0.39, 0.29) is 11.2 Å². The predicted octanol–water partition coefficient (Wildman–Crippen LogP) is 5.06. The molecule has 1 amide bonds. The van der Waals surface area contributed by atoms with E-state index < -0.39 is 0 Å². The van der Waals surface area contributed by atoms with Gasteiger partial charge in [-0.05, 0) is 56.7 Å². The second-order valence-electron chi connectivity index (χ2n) is 7.84. The highest BCUT2D eigenvalue weighted by molar-refractivity contribution is 8.00. The number of benzene rings is 2. The third kappa shape index (κ3) is 4.74. The molecule has 0 saturated carbocycles. The molecule has 3 heterocycles. The topological polar surface area (TPSA) is 85.1 Å². The van der Waals surface area contributed by atoms with Crippen molar-refractivity contribution >= 4 is 50.7 Å². The van der Waals surface area contributed by atoms with Crippen molar-refractivity contribution < 1.29 is 4.79 Å². The number of rotatable bonds is 6. The fourth-order valence-electron chi connectivity index (χ4n) is 3.53. The van der Waals surface area contributed by atoms with Crippen molar-refractivity contribution in [3.63, 3.8) is 0 Å². The summed E-state index contributed by atoms with van der Waals surface area (Å²) >= 11 is 3.03. The zero-order valence-corrected chi connectivity index (χ0v) is 20.1. The molecule has 1 atom stereocenters. The summed E-state index contributed by atoms with van der Waals surface area (Å²) < 4.78 is 2.90. The lowest BCUT2D eigenvalue weighted by Gasteiger charge is -2.10. The van der Waals surface area contributed by atoms with Crippen molar-refractivity contribution in [1.29, 1.82) is 0 Å². The Hall–Kier alpha value is -3.30. The van der Waals surface area contributed by atoms with Gasteiger partial charge in [-0.15, -0.1) is 16.4 Å². The largest absolute Gasteiger partial charge is 0.325 e. The van der Waals surface area contributed by atoms with Crippen LogP contribution in [0.2, 0.25) is 0 Å². The van der Waals surface area contributed by atoms with E-state index in [9.17, 15) is 4.79 Å². The molecule has 0 radical (unpaired) electrons. The molecular weight excluding hydrogens is 452 g/mol. The van der Waals surface area contributed by atoms with Crippen LogP contribution in [-0.4, -0.2) is 35.7 Å². The number of hydrogen-bond donors (Lipinski definition) is 1. The number of thiazole rings is 1. The molecule has 0 aliphatic rings. The van der Waals surface area contributed by atoms with Crippen LogP contribution in [0.3, 0.4) is 0 Å². The molecule has 7 nitrogen and oxygen atoms in total. The maximum absolute atomic E-state index is 12.7. The van der Waals surface area contributed by atoms with E-state index in [1.165, 1.54) is 16.5 Å². The number of carbonyl (C=O) groups excluding carboxylic acids is 1. The first kappa shape index (κ1) is 21.5. The predicted molar refractivity (Wildman–Crippen MR) is 133 cm³/mol. The highest BCUT2D eigenvalue weighted by Crippen LogP contribution is 2.25. The Labute approximate surface area is 199 Å². The summed E-state index contributed by atoms with van der Waals surface area (Å²) in [4.78, 5) is 26.3. The molecule has 1 N–H and O–H groups in total. The van der Waals surface area contributed by atoms with Gasteiger partial charge >= 0.3 is 0 Å². The van der Waals surface area contributed by atoms with E-state index in [2.05, 4.69) is 26.4 Å². The Morgan fingerprint density at radius 1 is 1.09 bits per heavy atom. The minimum absolute atomic E-state index is 0.0985. The molecule has 0 spiro atoms. The summed E-state index contributed by atoms with van der Waals surface area (Å²) in [6.45, 7) is 5.73. The number of thioether (sulfide) groups is 1. The summed E-state index contributed by atoms with van der Waals surface area (Å²) in [5.41, 5.74) is 4.80. The molecule has 3 aromatic heterocycles. The molecule has 5 rings (SSSR count). The van der Waals surface area contributed by atoms with E-state index in [0.717, 1.165) is 39.6 Å². The highest BCUT2D eigenvalue weighted by Gasteiger charge is 2.18.